The molecule has 120 valence electrons. The summed E-state index contributed by atoms with van der Waals surface area (Å²) in [6.45, 7) is 2.18. The fourth-order valence-electron chi connectivity index (χ4n) is 2.46. The molecule has 1 amide bonds. The number of amides is 1. The van der Waals surface area contributed by atoms with E-state index in [9.17, 15) is 9.18 Å². The molecule has 0 radical (unpaired) electrons. The summed E-state index contributed by atoms with van der Waals surface area (Å²) in [5.74, 6) is 2.04. The molecular weight excluding hydrogens is 297 g/mol. The third-order valence-corrected chi connectivity index (χ3v) is 3.94. The van der Waals surface area contributed by atoms with E-state index in [-0.39, 0.29) is 11.7 Å². The molecular formula is C18H18FNO3. The maximum absolute atomic E-state index is 13.6. The van der Waals surface area contributed by atoms with Crippen molar-refractivity contribution in [3.05, 3.63) is 53.7 Å². The van der Waals surface area contributed by atoms with Crippen molar-refractivity contribution in [3.8, 4) is 5.75 Å². The van der Waals surface area contributed by atoms with Gasteiger partial charge in [-0.05, 0) is 42.7 Å². The Hall–Kier alpha value is -2.56. The Bertz CT molecular complexity index is 750. The van der Waals surface area contributed by atoms with Crippen LogP contribution in [0.15, 0.2) is 40.8 Å². The first-order valence-corrected chi connectivity index (χ1v) is 7.49. The Balaban J connectivity index is 1.60. The van der Waals surface area contributed by atoms with Gasteiger partial charge in [0.25, 0.3) is 0 Å². The lowest BCUT2D eigenvalue weighted by Crippen LogP contribution is -2.08. The van der Waals surface area contributed by atoms with Crippen LogP contribution in [-0.4, -0.2) is 13.0 Å². The van der Waals surface area contributed by atoms with Gasteiger partial charge >= 0.3 is 0 Å². The summed E-state index contributed by atoms with van der Waals surface area (Å²) in [5, 5.41) is 2.59. The number of anilines is 1. The highest BCUT2D eigenvalue weighted by molar-refractivity contribution is 6.01. The minimum absolute atomic E-state index is 0.135. The number of hydrogen-bond acceptors (Lipinski definition) is 3. The topological polar surface area (TPSA) is 51.5 Å². The number of methoxy groups -OCH3 is 1. The summed E-state index contributed by atoms with van der Waals surface area (Å²) < 4.78 is 24.1. The fourth-order valence-corrected chi connectivity index (χ4v) is 2.46. The van der Waals surface area contributed by atoms with Gasteiger partial charge in [-0.15, -0.1) is 0 Å². The fraction of sp³-hybridized carbons (Fsp3) is 0.278. The first-order chi connectivity index (χ1) is 11.1. The van der Waals surface area contributed by atoms with Gasteiger partial charge in [-0.3, -0.25) is 4.79 Å². The lowest BCUT2D eigenvalue weighted by molar-refractivity contribution is -0.111. The van der Waals surface area contributed by atoms with Crippen LogP contribution in [0.3, 0.4) is 0 Å². The van der Waals surface area contributed by atoms with Crippen molar-refractivity contribution >= 4 is 17.7 Å². The van der Waals surface area contributed by atoms with E-state index in [1.165, 1.54) is 25.3 Å². The molecule has 0 saturated heterocycles. The molecule has 2 atom stereocenters. The first-order valence-electron chi connectivity index (χ1n) is 7.49. The van der Waals surface area contributed by atoms with Crippen molar-refractivity contribution in [1.29, 1.82) is 0 Å². The molecule has 1 aromatic carbocycles. The zero-order valence-electron chi connectivity index (χ0n) is 13.0. The van der Waals surface area contributed by atoms with Crippen LogP contribution < -0.4 is 10.1 Å². The highest BCUT2D eigenvalue weighted by Crippen LogP contribution is 2.47. The molecule has 3 rings (SSSR count). The number of nitrogens with one attached hydrogen (secondary N) is 1. The third kappa shape index (κ3) is 3.62. The standard InChI is InChI=1S/C18H18FNO3/c1-11-9-14(11)16-7-4-13(23-16)5-8-18(21)20-12-3-6-17(22-2)15(19)10-12/h3-8,10-11,14H,9H2,1-2H3,(H,20,21)/b8-5+. The van der Waals surface area contributed by atoms with Crippen molar-refractivity contribution in [3.63, 3.8) is 0 Å². The van der Waals surface area contributed by atoms with Crippen LogP contribution in [0.4, 0.5) is 10.1 Å². The summed E-state index contributed by atoms with van der Waals surface area (Å²) in [5.41, 5.74) is 0.366. The van der Waals surface area contributed by atoms with E-state index in [0.717, 1.165) is 12.2 Å². The summed E-state index contributed by atoms with van der Waals surface area (Å²) >= 11 is 0. The molecule has 1 heterocycles. The van der Waals surface area contributed by atoms with E-state index in [1.807, 2.05) is 12.1 Å². The van der Waals surface area contributed by atoms with Crippen molar-refractivity contribution < 1.29 is 18.3 Å². The van der Waals surface area contributed by atoms with Gasteiger partial charge in [0.05, 0.1) is 7.11 Å². The molecule has 2 unspecified atom stereocenters. The van der Waals surface area contributed by atoms with Gasteiger partial charge in [-0.1, -0.05) is 6.92 Å². The molecule has 0 spiro atoms. The maximum Gasteiger partial charge on any atom is 0.248 e. The molecule has 1 aliphatic rings. The Morgan fingerprint density at radius 3 is 2.83 bits per heavy atom. The quantitative estimate of drug-likeness (QED) is 0.841. The van der Waals surface area contributed by atoms with E-state index in [4.69, 9.17) is 9.15 Å². The predicted molar refractivity (Wildman–Crippen MR) is 85.8 cm³/mol. The van der Waals surface area contributed by atoms with Crippen LogP contribution >= 0.6 is 0 Å². The number of furan rings is 1. The minimum Gasteiger partial charge on any atom is -0.494 e. The number of carbonyl (C=O) groups is 1. The normalized spacial score (nSPS) is 19.8. The molecule has 1 fully saturated rings. The average Bonchev–Trinajstić information content (AvgIpc) is 3.07. The largest absolute Gasteiger partial charge is 0.494 e. The average molecular weight is 315 g/mol. The maximum atomic E-state index is 13.6. The third-order valence-electron chi connectivity index (χ3n) is 3.94. The molecule has 1 aromatic heterocycles. The van der Waals surface area contributed by atoms with E-state index >= 15 is 0 Å². The summed E-state index contributed by atoms with van der Waals surface area (Å²) in [7, 11) is 1.39. The second-order valence-corrected chi connectivity index (χ2v) is 5.73. The lowest BCUT2D eigenvalue weighted by Gasteiger charge is -2.05. The number of halogens is 1. The highest BCUT2D eigenvalue weighted by atomic mass is 19.1. The molecule has 1 saturated carbocycles. The predicted octanol–water partition coefficient (Wildman–Crippen LogP) is 4.20. The molecule has 5 heteroatoms. The van der Waals surface area contributed by atoms with Crippen molar-refractivity contribution in [2.24, 2.45) is 5.92 Å². The van der Waals surface area contributed by atoms with Crippen LogP contribution in [-0.2, 0) is 4.79 Å². The van der Waals surface area contributed by atoms with Gasteiger partial charge in [0, 0.05) is 23.7 Å². The van der Waals surface area contributed by atoms with Gasteiger partial charge < -0.3 is 14.5 Å². The second kappa shape index (κ2) is 6.28. The van der Waals surface area contributed by atoms with Gasteiger partial charge in [0.1, 0.15) is 11.5 Å². The number of hydrogen-bond donors (Lipinski definition) is 1. The Morgan fingerprint density at radius 1 is 1.39 bits per heavy atom. The number of rotatable bonds is 5. The Labute approximate surface area is 133 Å². The molecule has 23 heavy (non-hydrogen) atoms. The van der Waals surface area contributed by atoms with Gasteiger partial charge in [-0.2, -0.15) is 0 Å². The summed E-state index contributed by atoms with van der Waals surface area (Å²) in [6, 6.07) is 8.04. The van der Waals surface area contributed by atoms with Gasteiger partial charge in [0.15, 0.2) is 11.6 Å². The molecule has 1 aliphatic carbocycles. The zero-order chi connectivity index (χ0) is 16.4. The van der Waals surface area contributed by atoms with Crippen molar-refractivity contribution in [2.75, 3.05) is 12.4 Å². The van der Waals surface area contributed by atoms with Crippen molar-refractivity contribution in [1.82, 2.24) is 0 Å². The zero-order valence-corrected chi connectivity index (χ0v) is 13.0. The molecule has 0 aliphatic heterocycles. The number of carbonyl (C=O) groups excluding carboxylic acids is 1. The number of benzene rings is 1. The smallest absolute Gasteiger partial charge is 0.248 e. The van der Waals surface area contributed by atoms with Crippen LogP contribution in [0.1, 0.15) is 30.8 Å². The summed E-state index contributed by atoms with van der Waals surface area (Å²) in [4.78, 5) is 11.9. The van der Waals surface area contributed by atoms with Crippen molar-refractivity contribution in [2.45, 2.75) is 19.3 Å². The minimum atomic E-state index is -0.525. The lowest BCUT2D eigenvalue weighted by atomic mass is 10.2. The van der Waals surface area contributed by atoms with E-state index in [1.54, 1.807) is 12.1 Å². The second-order valence-electron chi connectivity index (χ2n) is 5.73. The van der Waals surface area contributed by atoms with Gasteiger partial charge in [-0.25, -0.2) is 4.39 Å². The van der Waals surface area contributed by atoms with Crippen LogP contribution in [0.2, 0.25) is 0 Å². The molecule has 4 nitrogen and oxygen atoms in total. The van der Waals surface area contributed by atoms with Crippen LogP contribution in [0, 0.1) is 11.7 Å². The van der Waals surface area contributed by atoms with Crippen LogP contribution in [0.25, 0.3) is 6.08 Å². The highest BCUT2D eigenvalue weighted by Gasteiger charge is 2.36. The first kappa shape index (κ1) is 15.3. The molecule has 1 N–H and O–H groups in total. The van der Waals surface area contributed by atoms with Crippen LogP contribution in [0.5, 0.6) is 5.75 Å². The SMILES string of the molecule is COc1ccc(NC(=O)/C=C/c2ccc(C3CC3C)o2)cc1F. The monoisotopic (exact) mass is 315 g/mol. The Kier molecular flexibility index (Phi) is 4.19. The van der Waals surface area contributed by atoms with E-state index < -0.39 is 5.82 Å². The van der Waals surface area contributed by atoms with E-state index in [2.05, 4.69) is 12.2 Å². The molecule has 0 bridgehead atoms. The molecule has 2 aromatic rings. The number of ether oxygens (including phenoxy) is 1. The summed E-state index contributed by atoms with van der Waals surface area (Å²) in [6.07, 6.45) is 4.12. The Morgan fingerprint density at radius 2 is 2.17 bits per heavy atom. The van der Waals surface area contributed by atoms with Gasteiger partial charge in [0.2, 0.25) is 5.91 Å². The van der Waals surface area contributed by atoms with E-state index in [0.29, 0.717) is 23.3 Å².